The Morgan fingerprint density at radius 1 is 0.466 bits per heavy atom. The Bertz CT molecular complexity index is 2680. The van der Waals surface area contributed by atoms with Crippen molar-refractivity contribution in [3.63, 3.8) is 0 Å². The summed E-state index contributed by atoms with van der Waals surface area (Å²) in [5.41, 5.74) is -7.54. The summed E-state index contributed by atoms with van der Waals surface area (Å²) in [5, 5.41) is 105. The van der Waals surface area contributed by atoms with E-state index in [9.17, 15) is 65.1 Å². The molecule has 0 aromatic rings. The molecule has 6 aliphatic rings. The number of nitrogens with zero attached hydrogens (tertiary/aromatic N) is 2. The van der Waals surface area contributed by atoms with Gasteiger partial charge in [0.1, 0.15) is 53.8 Å². The summed E-state index contributed by atoms with van der Waals surface area (Å²) in [6, 6.07) is -0.621. The van der Waals surface area contributed by atoms with Crippen LogP contribution < -0.4 is 0 Å². The van der Waals surface area contributed by atoms with Crippen LogP contribution in [0.2, 0.25) is 0 Å². The number of hydrogen-bond donors (Lipinski definition) is 9. The number of carbonyl (C=O) groups excluding carboxylic acids is 4. The van der Waals surface area contributed by atoms with Gasteiger partial charge >= 0.3 is 11.9 Å². The third-order valence-electron chi connectivity index (χ3n) is 24.2. The van der Waals surface area contributed by atoms with Crippen molar-refractivity contribution < 1.29 is 122 Å². The summed E-state index contributed by atoms with van der Waals surface area (Å²) in [4.78, 5) is 59.9. The van der Waals surface area contributed by atoms with Crippen molar-refractivity contribution in [2.75, 3.05) is 42.4 Å². The first-order valence-electron chi connectivity index (χ1n) is 38.0. The van der Waals surface area contributed by atoms with Crippen LogP contribution in [0.3, 0.4) is 0 Å². The largest absolute Gasteiger partial charge is 0.462 e. The number of ketones is 2. The lowest BCUT2D eigenvalue weighted by Gasteiger charge is -2.49. The van der Waals surface area contributed by atoms with E-state index in [1.54, 1.807) is 96.9 Å². The summed E-state index contributed by atoms with van der Waals surface area (Å²) in [7, 11) is 10.4. The number of methoxy groups -OCH3 is 2. The first-order chi connectivity index (χ1) is 47.6. The van der Waals surface area contributed by atoms with Gasteiger partial charge in [-0.25, -0.2) is 0 Å². The molecule has 0 spiro atoms. The molecule has 602 valence electrons. The van der Waals surface area contributed by atoms with Crippen LogP contribution in [0.15, 0.2) is 0 Å². The number of ether oxygens (including phenoxy) is 12. The van der Waals surface area contributed by atoms with Gasteiger partial charge in [-0.1, -0.05) is 69.2 Å². The number of Topliss-reactive ketones (excluding diaryl/α,β-unsaturated/α-hetero) is 2. The Labute approximate surface area is 614 Å². The van der Waals surface area contributed by atoms with Gasteiger partial charge in [0, 0.05) is 80.6 Å². The maximum atomic E-state index is 14.2. The molecule has 0 aromatic heterocycles. The predicted molar refractivity (Wildman–Crippen MR) is 380 cm³/mol. The fourth-order valence-electron chi connectivity index (χ4n) is 17.4. The van der Waals surface area contributed by atoms with Crippen molar-refractivity contribution >= 4 is 23.5 Å². The van der Waals surface area contributed by atoms with Crippen molar-refractivity contribution in [2.24, 2.45) is 53.3 Å². The summed E-state index contributed by atoms with van der Waals surface area (Å²) >= 11 is 0. The lowest BCUT2D eigenvalue weighted by molar-refractivity contribution is -0.318. The van der Waals surface area contributed by atoms with Gasteiger partial charge in [0.2, 0.25) is 0 Å². The van der Waals surface area contributed by atoms with Crippen LogP contribution in [-0.4, -0.2) is 285 Å². The highest BCUT2D eigenvalue weighted by atomic mass is 16.7. The fraction of sp³-hybridized carbons (Fsp3) is 0.947. The molecule has 0 aliphatic carbocycles. The number of rotatable bonds is 16. The second kappa shape index (κ2) is 37.4. The minimum absolute atomic E-state index is 0.00783. The third kappa shape index (κ3) is 20.9. The molecule has 27 heteroatoms. The van der Waals surface area contributed by atoms with E-state index < -0.39 is 210 Å². The van der Waals surface area contributed by atoms with Crippen LogP contribution in [0.4, 0.5) is 0 Å². The van der Waals surface area contributed by atoms with E-state index in [0.717, 1.165) is 0 Å². The van der Waals surface area contributed by atoms with Crippen LogP contribution in [0.1, 0.15) is 203 Å². The smallest absolute Gasteiger partial charge is 0.311 e. The molecule has 103 heavy (non-hydrogen) atoms. The van der Waals surface area contributed by atoms with Gasteiger partial charge in [-0.3, -0.25) is 19.2 Å². The number of aliphatic hydroxyl groups excluding tert-OH is 6. The van der Waals surface area contributed by atoms with E-state index in [0.29, 0.717) is 25.7 Å². The Morgan fingerprint density at radius 2 is 0.845 bits per heavy atom. The zero-order valence-corrected chi connectivity index (χ0v) is 66.9. The van der Waals surface area contributed by atoms with Crippen LogP contribution in [0, 0.1) is 53.3 Å². The highest BCUT2D eigenvalue weighted by molar-refractivity contribution is 5.84. The van der Waals surface area contributed by atoms with E-state index in [4.69, 9.17) is 56.8 Å². The normalized spacial score (nSPS) is 48.7. The Morgan fingerprint density at radius 3 is 1.18 bits per heavy atom. The summed E-state index contributed by atoms with van der Waals surface area (Å²) in [5.74, 6) is -9.46. The second-order valence-electron chi connectivity index (χ2n) is 33.0. The molecule has 36 atom stereocenters. The maximum absolute atomic E-state index is 14.2. The molecule has 0 aromatic carbocycles. The van der Waals surface area contributed by atoms with Gasteiger partial charge in [0.15, 0.2) is 25.2 Å². The average Bonchev–Trinajstić information content (AvgIpc) is 0.779. The van der Waals surface area contributed by atoms with Crippen molar-refractivity contribution in [2.45, 2.75) is 366 Å². The highest BCUT2D eigenvalue weighted by Crippen LogP contribution is 2.45. The minimum Gasteiger partial charge on any atom is -0.462 e. The fourth-order valence-corrected chi connectivity index (χ4v) is 17.4. The first kappa shape index (κ1) is 91.1. The molecule has 0 saturated carbocycles. The van der Waals surface area contributed by atoms with E-state index in [2.05, 4.69) is 0 Å². The number of likely N-dealkylation sites (N-methyl/N-ethyl adjacent to an activating group) is 2. The van der Waals surface area contributed by atoms with Gasteiger partial charge in [0.05, 0.1) is 95.3 Å². The van der Waals surface area contributed by atoms with Crippen LogP contribution in [-0.2, 0) is 76.0 Å². The molecule has 27 nitrogen and oxygen atoms in total. The predicted octanol–water partition coefficient (Wildman–Crippen LogP) is 5.24. The molecule has 6 heterocycles. The second-order valence-corrected chi connectivity index (χ2v) is 33.0. The van der Waals surface area contributed by atoms with Crippen LogP contribution in [0.5, 0.6) is 0 Å². The summed E-state index contributed by atoms with van der Waals surface area (Å²) < 4.78 is 74.7. The topological polar surface area (TPSA) is 368 Å². The van der Waals surface area contributed by atoms with Gasteiger partial charge in [-0.2, -0.15) is 0 Å². The van der Waals surface area contributed by atoms with Gasteiger partial charge in [-0.05, 0) is 149 Å². The van der Waals surface area contributed by atoms with Gasteiger partial charge in [0.25, 0.3) is 0 Å². The molecule has 0 amide bonds. The molecule has 6 rings (SSSR count). The minimum atomic E-state index is -1.95. The Kier molecular flexibility index (Phi) is 33.1. The van der Waals surface area contributed by atoms with Crippen molar-refractivity contribution in [1.82, 2.24) is 9.80 Å². The molecule has 6 fully saturated rings. The molecule has 0 radical (unpaired) electrons. The Balaban J connectivity index is 0.000000371. The van der Waals surface area contributed by atoms with Gasteiger partial charge in [-0.15, -0.1) is 0 Å². The molecule has 0 bridgehead atoms. The number of aliphatic hydroxyl groups is 9. The van der Waals surface area contributed by atoms with E-state index >= 15 is 0 Å². The summed E-state index contributed by atoms with van der Waals surface area (Å²) in [6.07, 6.45) is -17.1. The number of hydrogen-bond acceptors (Lipinski definition) is 27. The monoisotopic (exact) mass is 1480 g/mol. The van der Waals surface area contributed by atoms with Crippen molar-refractivity contribution in [3.8, 4) is 0 Å². The third-order valence-corrected chi connectivity index (χ3v) is 24.2. The molecule has 6 saturated heterocycles. The summed E-state index contributed by atoms with van der Waals surface area (Å²) in [6.45, 7) is 34.3. The maximum Gasteiger partial charge on any atom is 0.311 e. The Hall–Kier alpha value is -2.56. The first-order valence-corrected chi connectivity index (χ1v) is 38.0. The SMILES string of the molecule is CC[C@@H]1[C@H](O)[C@@H](C)C(=O)[C@H](C)C[C@@](C)(O)[C@H](OC2O[C@H](C)C[C@H](N(C)C)[C@H]2O)[C@@H](C)[C@H](OC2C[C@@](C)(OC)[C@@H](O)[C@H](C)O2)[C@@H](C)C(=O)O[C@@H]1CC.CC[C@H]1OC(=O)[C@H](C)[C@@H](OC2C[C@@](C)(OC)[C@@H](O)[C@H](C)O2)[C@H](C)[C@@H](OC2O[C@H](C)C[C@H](N(C)C)[C@H]2O)[C@](C)(O)C[C@@H](C)C(=O)[C@H](C)[C@@H](O)[C@@]1(O)CC. The molecule has 9 N–H and O–H groups in total. The number of esters is 2. The van der Waals surface area contributed by atoms with Crippen molar-refractivity contribution in [3.05, 3.63) is 0 Å². The number of cyclic esters (lactones) is 2. The standard InChI is InChI=1S/C38H69NO13.C38H69NO12/c1-14-26-38(46,15-2)31(42)21(5)28(40)19(3)17-36(9,45)33(52-35-29(41)25(39(11)12)16-20(4)48-35)22(6)30(23(7)34(44)50-26)51-27-18-37(10,47-13)32(43)24(8)49-27;1-14-25-27(15-2)49-35(44)23(7)32(50-28-18-38(10,46-13)33(43)24(8)48-28)22(6)34(37(9,45)17-19(3)29(40)21(5)30(25)41)51-36-31(42)26(39(11)12)16-20(4)47-36/h19-27,29-33,35,41-43,45-46H,14-18H2,1-13H3;19-28,30-34,36,41-43,45H,14-18H2,1-13H3/t19-,20-,21+,22+,23-,24+,25+,26-,27?,29-,30+,31-,32+,33-,35?,36-,37-,38-;19-,20-,21+,22+,23-,24+,25+,26+,27-,28?,30-,31-,32+,33+,34-,36?,37-,38-/m11/s1. The molecule has 6 aliphatic heterocycles. The highest BCUT2D eigenvalue weighted by Gasteiger charge is 2.57. The van der Waals surface area contributed by atoms with Crippen molar-refractivity contribution in [1.29, 1.82) is 0 Å². The van der Waals surface area contributed by atoms with E-state index in [-0.39, 0.29) is 68.6 Å². The van der Waals surface area contributed by atoms with E-state index in [1.165, 1.54) is 28.1 Å². The lowest BCUT2D eigenvalue weighted by Crippen LogP contribution is -2.61. The zero-order chi connectivity index (χ0) is 78.4. The molecule has 4 unspecified atom stereocenters. The molecular weight excluding hydrogens is 1340 g/mol. The average molecular weight is 1480 g/mol. The molecular formula is C76H138N2O25. The van der Waals surface area contributed by atoms with Crippen LogP contribution in [0.25, 0.3) is 0 Å². The zero-order valence-electron chi connectivity index (χ0n) is 66.9. The van der Waals surface area contributed by atoms with E-state index in [1.807, 2.05) is 65.7 Å². The number of carbonyl (C=O) groups is 4. The quantitative estimate of drug-likeness (QED) is 0.0892. The lowest BCUT2D eigenvalue weighted by atomic mass is 9.73. The van der Waals surface area contributed by atoms with Gasteiger partial charge < -0.3 is 113 Å². The van der Waals surface area contributed by atoms with Crippen LogP contribution >= 0.6 is 0 Å².